The number of aromatic hydroxyl groups is 7. The van der Waals surface area contributed by atoms with E-state index < -0.39 is 0 Å². The van der Waals surface area contributed by atoms with Crippen molar-refractivity contribution in [1.29, 1.82) is 0 Å². The lowest BCUT2D eigenvalue weighted by Gasteiger charge is -2.30. The summed E-state index contributed by atoms with van der Waals surface area (Å²) in [7, 11) is 0. The molecule has 668 valence electrons. The summed E-state index contributed by atoms with van der Waals surface area (Å²) < 4.78 is 0. The fraction of sp³-hybridized carbons (Fsp3) is 0.436. The number of nitrogens with one attached hydrogen (secondary N) is 1. The zero-order valence-electron chi connectivity index (χ0n) is 79.8. The molecule has 0 atom stereocenters. The van der Waals surface area contributed by atoms with Crippen molar-refractivity contribution < 1.29 is 35.7 Å². The molecule has 0 unspecified atom stereocenters. The number of hydrogen-bond donors (Lipinski definition) is 8. The van der Waals surface area contributed by atoms with Crippen molar-refractivity contribution in [2.75, 3.05) is 45.8 Å². The first kappa shape index (κ1) is 98.9. The molecule has 0 amide bonds. The molecule has 15 heteroatoms. The van der Waals surface area contributed by atoms with Crippen LogP contribution in [0, 0.1) is 5.92 Å². The molecule has 0 bridgehead atoms. The standard InChI is InChI=1S/C62H82N4O4.C33H39N3O2.C15H23BrO/c1-39(2)65(37-45-31-47(59(5,6)7)33-51(55(45)67)61(11,12)13)27-25-63-35-43-29-41-21-17-19-23-49(41)53(57(43)69)54-50-24-20-18-22-42(50)30-44(58(54)70)36-64-26-28-66(40(3)4)38-46-32-48(60(8,9)10)34-52(56(46)68)62(14,15)16;1-22(2)10-9-15-34-20-26-18-24-11-5-7-13-28(24)30(32(26)37)31-29-14-8-6-12-25(29)19-27(33(31)38)21-35-16-17-36-23(3)4;1-14(2,3)11-7-10(9-16)13(17)12(8-11)15(4,5)6/h17-24,29-36,39-40,67-70H,25-28,37-38H2,1-16H3;5-8,11-14,18-23,36-38H,9-10,15-17H2,1-4H3;7-8,17H,9H2,1-6H3. The van der Waals surface area contributed by atoms with E-state index in [2.05, 4.69) is 257 Å². The minimum atomic E-state index is -0.216. The minimum Gasteiger partial charge on any atom is -0.507 e. The predicted molar refractivity (Wildman–Crippen MR) is 538 cm³/mol. The summed E-state index contributed by atoms with van der Waals surface area (Å²) in [5.41, 5.74) is 13.6. The van der Waals surface area contributed by atoms with Gasteiger partial charge in [0.25, 0.3) is 0 Å². The van der Waals surface area contributed by atoms with Gasteiger partial charge in [0, 0.05) is 149 Å². The second-order valence-corrected chi connectivity index (χ2v) is 41.8. The number of aliphatic imine (C=N–C) groups is 4. The van der Waals surface area contributed by atoms with Crippen molar-refractivity contribution in [3.8, 4) is 62.5 Å². The maximum absolute atomic E-state index is 12.3. The maximum atomic E-state index is 12.3. The number of phenols is 7. The topological polar surface area (TPSA) is 210 Å². The molecule has 0 saturated carbocycles. The summed E-state index contributed by atoms with van der Waals surface area (Å²) in [5.74, 6) is 2.10. The Kier molecular flexibility index (Phi) is 33.0. The van der Waals surface area contributed by atoms with E-state index in [4.69, 9.17) is 9.98 Å². The average Bonchev–Trinajstić information content (AvgIpc) is 0.744. The highest BCUT2D eigenvalue weighted by Gasteiger charge is 2.31. The van der Waals surface area contributed by atoms with Gasteiger partial charge >= 0.3 is 0 Å². The van der Waals surface area contributed by atoms with Gasteiger partial charge in [0.05, 0.1) is 19.6 Å². The van der Waals surface area contributed by atoms with Crippen LogP contribution in [0.4, 0.5) is 0 Å². The molecule has 0 heterocycles. The highest BCUT2D eigenvalue weighted by atomic mass is 79.9. The molecular formula is C110H144BrN7O7. The molecule has 0 fully saturated rings. The molecule has 14 nitrogen and oxygen atoms in total. The van der Waals surface area contributed by atoms with Crippen molar-refractivity contribution in [3.05, 3.63) is 230 Å². The lowest BCUT2D eigenvalue weighted by atomic mass is 9.79. The average molecular weight is 1760 g/mol. The number of fused-ring (bicyclic) bond motifs is 4. The zero-order chi connectivity index (χ0) is 92.2. The van der Waals surface area contributed by atoms with E-state index >= 15 is 0 Å². The molecule has 125 heavy (non-hydrogen) atoms. The van der Waals surface area contributed by atoms with Crippen molar-refractivity contribution in [2.24, 2.45) is 25.9 Å². The van der Waals surface area contributed by atoms with E-state index in [1.54, 1.807) is 24.9 Å². The Labute approximate surface area is 756 Å². The summed E-state index contributed by atoms with van der Waals surface area (Å²) in [6.45, 7) is 61.9. The highest BCUT2D eigenvalue weighted by Crippen LogP contribution is 2.50. The molecule has 11 rings (SSSR count). The van der Waals surface area contributed by atoms with Crippen LogP contribution in [0.1, 0.15) is 265 Å². The monoisotopic (exact) mass is 1750 g/mol. The van der Waals surface area contributed by atoms with Crippen LogP contribution < -0.4 is 5.32 Å². The van der Waals surface area contributed by atoms with Crippen LogP contribution in [-0.4, -0.2) is 134 Å². The fourth-order valence-electron chi connectivity index (χ4n) is 15.8. The third-order valence-corrected chi connectivity index (χ3v) is 24.1. The first-order chi connectivity index (χ1) is 58.5. The molecule has 11 aromatic carbocycles. The second-order valence-electron chi connectivity index (χ2n) is 41.3. The molecule has 0 aliphatic carbocycles. The lowest BCUT2D eigenvalue weighted by Crippen LogP contribution is -2.33. The van der Waals surface area contributed by atoms with Gasteiger partial charge in [-0.3, -0.25) is 29.8 Å². The Morgan fingerprint density at radius 1 is 0.336 bits per heavy atom. The predicted octanol–water partition coefficient (Wildman–Crippen LogP) is 26.6. The largest absolute Gasteiger partial charge is 0.507 e. The van der Waals surface area contributed by atoms with Gasteiger partial charge in [-0.05, 0) is 180 Å². The fourth-order valence-corrected chi connectivity index (χ4v) is 16.2. The molecule has 11 aromatic rings. The van der Waals surface area contributed by atoms with E-state index in [9.17, 15) is 35.7 Å². The summed E-state index contributed by atoms with van der Waals surface area (Å²) in [6, 6.07) is 53.2. The number of nitrogens with zero attached hydrogens (tertiary/aromatic N) is 6. The molecule has 0 aliphatic rings. The van der Waals surface area contributed by atoms with Crippen LogP contribution in [0.5, 0.6) is 40.2 Å². The number of phenolic OH excluding ortho intramolecular Hbond substituents is 7. The van der Waals surface area contributed by atoms with Crippen LogP contribution in [0.15, 0.2) is 178 Å². The lowest BCUT2D eigenvalue weighted by molar-refractivity contribution is 0.216. The third kappa shape index (κ3) is 25.3. The Morgan fingerprint density at radius 3 is 0.872 bits per heavy atom. The summed E-state index contributed by atoms with van der Waals surface area (Å²) in [4.78, 5) is 23.6. The SMILES string of the molecule is CC(C)(C)c1cc(CBr)c(O)c(C(C)(C)C)c1.CC(C)CCCN=Cc1cc2ccccc2c(-c2c(O)c(C=NCCNC(C)C)cc3ccccc23)c1O.CC(C)N(CCN=Cc1cc2ccccc2c(-c2c(O)c(C=NCCN(Cc3cc(C(C)(C)C)cc(C(C)(C)C)c3O)C(C)C)cc3ccccc23)c1O)Cc1cc(C(C)(C)C)cc(C(C)(C)C)c1O. The van der Waals surface area contributed by atoms with Gasteiger partial charge < -0.3 is 41.1 Å². The van der Waals surface area contributed by atoms with Crippen molar-refractivity contribution >= 4 is 83.9 Å². The van der Waals surface area contributed by atoms with E-state index in [0.29, 0.717) is 131 Å². The van der Waals surface area contributed by atoms with Crippen molar-refractivity contribution in [3.63, 3.8) is 0 Å². The molecule has 0 aliphatic heterocycles. The molecule has 0 aromatic heterocycles. The van der Waals surface area contributed by atoms with E-state index in [0.717, 1.165) is 95.9 Å². The van der Waals surface area contributed by atoms with Crippen LogP contribution >= 0.6 is 15.9 Å². The molecule has 8 N–H and O–H groups in total. The Hall–Kier alpha value is -9.90. The van der Waals surface area contributed by atoms with Crippen molar-refractivity contribution in [1.82, 2.24) is 15.1 Å². The van der Waals surface area contributed by atoms with Crippen LogP contribution in [0.25, 0.3) is 65.3 Å². The van der Waals surface area contributed by atoms with Crippen molar-refractivity contribution in [2.45, 2.75) is 262 Å². The molecule has 0 radical (unpaired) electrons. The second kappa shape index (κ2) is 41.7. The number of hydrogen-bond acceptors (Lipinski definition) is 14. The Morgan fingerprint density at radius 2 is 0.608 bits per heavy atom. The smallest absolute Gasteiger partial charge is 0.132 e. The summed E-state index contributed by atoms with van der Waals surface area (Å²) in [6.07, 6.45) is 9.10. The van der Waals surface area contributed by atoms with E-state index in [1.165, 1.54) is 16.7 Å². The van der Waals surface area contributed by atoms with E-state index in [-0.39, 0.29) is 67.6 Å². The Bertz CT molecular complexity index is 5380. The van der Waals surface area contributed by atoms with Gasteiger partial charge in [-0.25, -0.2) is 0 Å². The zero-order valence-corrected chi connectivity index (χ0v) is 81.4. The van der Waals surface area contributed by atoms with Crippen LogP contribution in [-0.2, 0) is 50.9 Å². The van der Waals surface area contributed by atoms with Gasteiger partial charge in [-0.1, -0.05) is 302 Å². The quantitative estimate of drug-likeness (QED) is 0.0139. The van der Waals surface area contributed by atoms with Crippen LogP contribution in [0.3, 0.4) is 0 Å². The van der Waals surface area contributed by atoms with Gasteiger partial charge in [0.2, 0.25) is 0 Å². The Balaban J connectivity index is 0.000000265. The van der Waals surface area contributed by atoms with Gasteiger partial charge in [0.1, 0.15) is 40.2 Å². The molecule has 0 spiro atoms. The maximum Gasteiger partial charge on any atom is 0.132 e. The van der Waals surface area contributed by atoms with Gasteiger partial charge in [0.15, 0.2) is 0 Å². The first-order valence-electron chi connectivity index (χ1n) is 44.9. The molecule has 0 saturated heterocycles. The highest BCUT2D eigenvalue weighted by molar-refractivity contribution is 9.08. The molecular weight excluding hydrogens is 1610 g/mol. The number of halogens is 1. The van der Waals surface area contributed by atoms with Gasteiger partial charge in [-0.2, -0.15) is 0 Å². The summed E-state index contributed by atoms with van der Waals surface area (Å²) >= 11 is 3.45. The minimum absolute atomic E-state index is 0.0392. The third-order valence-electron chi connectivity index (χ3n) is 23.5. The number of alkyl halides is 1. The normalized spacial score (nSPS) is 12.9. The van der Waals surface area contributed by atoms with Crippen LogP contribution in [0.2, 0.25) is 0 Å². The number of benzene rings is 11. The number of rotatable bonds is 27. The summed E-state index contributed by atoms with van der Waals surface area (Å²) in [5, 5.41) is 92.5. The van der Waals surface area contributed by atoms with E-state index in [1.807, 2.05) is 121 Å². The van der Waals surface area contributed by atoms with Gasteiger partial charge in [-0.15, -0.1) is 0 Å². The first-order valence-corrected chi connectivity index (χ1v) is 46.0.